The van der Waals surface area contributed by atoms with Crippen LogP contribution in [0.5, 0.6) is 0 Å². The lowest BCUT2D eigenvalue weighted by molar-refractivity contribution is 0.186. The lowest BCUT2D eigenvalue weighted by Crippen LogP contribution is -2.42. The zero-order valence-electron chi connectivity index (χ0n) is 10.4. The van der Waals surface area contributed by atoms with E-state index in [-0.39, 0.29) is 22.8 Å². The highest BCUT2D eigenvalue weighted by molar-refractivity contribution is 7.89. The molecule has 1 aromatic heterocycles. The molecule has 1 saturated heterocycles. The van der Waals surface area contributed by atoms with Crippen LogP contribution in [0.3, 0.4) is 0 Å². The van der Waals surface area contributed by atoms with Gasteiger partial charge in [0.25, 0.3) is 0 Å². The van der Waals surface area contributed by atoms with Crippen molar-refractivity contribution in [2.24, 2.45) is 0 Å². The van der Waals surface area contributed by atoms with Gasteiger partial charge in [-0.1, -0.05) is 12.8 Å². The van der Waals surface area contributed by atoms with Gasteiger partial charge < -0.3 is 5.11 Å². The Morgan fingerprint density at radius 2 is 2.00 bits per heavy atom. The van der Waals surface area contributed by atoms with Gasteiger partial charge in [-0.15, -0.1) is 0 Å². The average molecular weight is 306 g/mol. The van der Waals surface area contributed by atoms with Crippen LogP contribution in [0.2, 0.25) is 5.28 Å². The van der Waals surface area contributed by atoms with Gasteiger partial charge >= 0.3 is 0 Å². The van der Waals surface area contributed by atoms with Crippen LogP contribution in [0.4, 0.5) is 0 Å². The second-order valence-corrected chi connectivity index (χ2v) is 6.72. The minimum atomic E-state index is -3.67. The maximum Gasteiger partial charge on any atom is 0.246 e. The summed E-state index contributed by atoms with van der Waals surface area (Å²) in [4.78, 5) is 7.41. The van der Waals surface area contributed by atoms with Gasteiger partial charge in [0, 0.05) is 12.6 Å². The van der Waals surface area contributed by atoms with Gasteiger partial charge in [0.05, 0.1) is 19.0 Å². The first-order valence-corrected chi connectivity index (χ1v) is 7.98. The van der Waals surface area contributed by atoms with Crippen molar-refractivity contribution in [1.29, 1.82) is 0 Å². The highest BCUT2D eigenvalue weighted by Crippen LogP contribution is 2.24. The van der Waals surface area contributed by atoms with Gasteiger partial charge in [0.2, 0.25) is 15.3 Å². The van der Waals surface area contributed by atoms with Crippen molar-refractivity contribution < 1.29 is 13.5 Å². The van der Waals surface area contributed by atoms with E-state index in [1.54, 1.807) is 0 Å². The highest BCUT2D eigenvalue weighted by atomic mass is 35.5. The van der Waals surface area contributed by atoms with Crippen LogP contribution >= 0.6 is 11.6 Å². The third kappa shape index (κ3) is 3.22. The maximum atomic E-state index is 12.5. The standard InChI is InChI=1S/C11H16ClN3O3S/c12-11-13-6-10(7-14-11)19(17,18)15-5-3-1-2-4-9(15)8-16/h6-7,9,16H,1-5,8H2. The first-order chi connectivity index (χ1) is 9.05. The number of aliphatic hydroxyl groups excluding tert-OH is 1. The molecule has 0 bridgehead atoms. The molecule has 2 rings (SSSR count). The van der Waals surface area contributed by atoms with E-state index in [4.69, 9.17) is 11.6 Å². The average Bonchev–Trinajstić information content (AvgIpc) is 2.64. The fraction of sp³-hybridized carbons (Fsp3) is 0.636. The Morgan fingerprint density at radius 3 is 2.63 bits per heavy atom. The smallest absolute Gasteiger partial charge is 0.246 e. The van der Waals surface area contributed by atoms with Crippen LogP contribution in [-0.4, -0.2) is 47.0 Å². The van der Waals surface area contributed by atoms with Crippen LogP contribution in [0.15, 0.2) is 17.3 Å². The molecule has 1 atom stereocenters. The molecule has 0 aromatic carbocycles. The lowest BCUT2D eigenvalue weighted by Gasteiger charge is -2.27. The van der Waals surface area contributed by atoms with Crippen molar-refractivity contribution >= 4 is 21.6 Å². The van der Waals surface area contributed by atoms with E-state index in [2.05, 4.69) is 9.97 Å². The normalized spacial score (nSPS) is 22.1. The quantitative estimate of drug-likeness (QED) is 0.844. The molecule has 1 aliphatic rings. The third-order valence-corrected chi connectivity index (χ3v) is 5.34. The Kier molecular flexibility index (Phi) is 4.72. The molecule has 6 nitrogen and oxygen atoms in total. The van der Waals surface area contributed by atoms with Crippen molar-refractivity contribution in [2.75, 3.05) is 13.2 Å². The zero-order valence-corrected chi connectivity index (χ0v) is 11.9. The maximum absolute atomic E-state index is 12.5. The van der Waals surface area contributed by atoms with E-state index >= 15 is 0 Å². The summed E-state index contributed by atoms with van der Waals surface area (Å²) in [5.74, 6) is 0. The van der Waals surface area contributed by atoms with Crippen LogP contribution in [-0.2, 0) is 10.0 Å². The monoisotopic (exact) mass is 305 g/mol. The summed E-state index contributed by atoms with van der Waals surface area (Å²) in [5.41, 5.74) is 0. The SMILES string of the molecule is O=S(=O)(c1cnc(Cl)nc1)N1CCCCCC1CO. The molecule has 1 aromatic rings. The molecule has 0 aliphatic carbocycles. The largest absolute Gasteiger partial charge is 0.395 e. The number of aliphatic hydroxyl groups is 1. The first-order valence-electron chi connectivity index (χ1n) is 6.16. The van der Waals surface area contributed by atoms with E-state index in [9.17, 15) is 13.5 Å². The van der Waals surface area contributed by atoms with E-state index in [1.165, 1.54) is 16.7 Å². The van der Waals surface area contributed by atoms with E-state index in [0.29, 0.717) is 13.0 Å². The van der Waals surface area contributed by atoms with Crippen LogP contribution in [0.25, 0.3) is 0 Å². The summed E-state index contributed by atoms with van der Waals surface area (Å²) in [5, 5.41) is 9.39. The number of hydrogen-bond donors (Lipinski definition) is 1. The summed E-state index contributed by atoms with van der Waals surface area (Å²) in [6.45, 7) is 0.240. The molecule has 1 fully saturated rings. The first kappa shape index (κ1) is 14.6. The molecule has 2 heterocycles. The van der Waals surface area contributed by atoms with Crippen molar-refractivity contribution in [2.45, 2.75) is 36.6 Å². The Bertz CT molecular complexity index is 520. The zero-order chi connectivity index (χ0) is 13.9. The van der Waals surface area contributed by atoms with Gasteiger partial charge in [0.1, 0.15) is 4.90 Å². The Balaban J connectivity index is 2.33. The fourth-order valence-electron chi connectivity index (χ4n) is 2.22. The molecule has 0 saturated carbocycles. The molecule has 19 heavy (non-hydrogen) atoms. The molecular weight excluding hydrogens is 290 g/mol. The molecule has 1 unspecified atom stereocenters. The number of hydrogen-bond acceptors (Lipinski definition) is 5. The minimum absolute atomic E-state index is 0.00789. The molecule has 1 aliphatic heterocycles. The second kappa shape index (κ2) is 6.13. The Hall–Kier alpha value is -0.760. The number of aromatic nitrogens is 2. The lowest BCUT2D eigenvalue weighted by atomic mass is 10.1. The number of nitrogens with zero attached hydrogens (tertiary/aromatic N) is 3. The second-order valence-electron chi connectivity index (χ2n) is 4.49. The van der Waals surface area contributed by atoms with Crippen LogP contribution in [0, 0.1) is 0 Å². The van der Waals surface area contributed by atoms with Crippen molar-refractivity contribution in [3.8, 4) is 0 Å². The predicted octanol–water partition coefficient (Wildman–Crippen LogP) is 1.06. The molecule has 1 N–H and O–H groups in total. The van der Waals surface area contributed by atoms with Gasteiger partial charge in [-0.2, -0.15) is 4.31 Å². The fourth-order valence-corrected chi connectivity index (χ4v) is 3.89. The Labute approximate surface area is 117 Å². The van der Waals surface area contributed by atoms with Gasteiger partial charge in [-0.05, 0) is 24.4 Å². The van der Waals surface area contributed by atoms with E-state index < -0.39 is 10.0 Å². The van der Waals surface area contributed by atoms with Crippen molar-refractivity contribution in [3.63, 3.8) is 0 Å². The van der Waals surface area contributed by atoms with E-state index in [0.717, 1.165) is 19.3 Å². The summed E-state index contributed by atoms with van der Waals surface area (Å²) < 4.78 is 26.4. The van der Waals surface area contributed by atoms with Gasteiger partial charge in [-0.25, -0.2) is 18.4 Å². The molecule has 106 valence electrons. The summed E-state index contributed by atoms with van der Waals surface area (Å²) in [7, 11) is -3.67. The summed E-state index contributed by atoms with van der Waals surface area (Å²) >= 11 is 5.56. The molecule has 0 amide bonds. The number of sulfonamides is 1. The van der Waals surface area contributed by atoms with Crippen LogP contribution in [0.1, 0.15) is 25.7 Å². The minimum Gasteiger partial charge on any atom is -0.395 e. The van der Waals surface area contributed by atoms with Crippen molar-refractivity contribution in [1.82, 2.24) is 14.3 Å². The topological polar surface area (TPSA) is 83.4 Å². The van der Waals surface area contributed by atoms with Gasteiger partial charge in [-0.3, -0.25) is 0 Å². The molecule has 0 spiro atoms. The molecular formula is C11H16ClN3O3S. The van der Waals surface area contributed by atoms with Gasteiger partial charge in [0.15, 0.2) is 0 Å². The van der Waals surface area contributed by atoms with E-state index in [1.807, 2.05) is 0 Å². The number of rotatable bonds is 3. The predicted molar refractivity (Wildman–Crippen MR) is 70.3 cm³/mol. The number of halogens is 1. The van der Waals surface area contributed by atoms with Crippen LogP contribution < -0.4 is 0 Å². The summed E-state index contributed by atoms with van der Waals surface area (Å²) in [6.07, 6.45) is 5.76. The molecule has 8 heteroatoms. The molecule has 0 radical (unpaired) electrons. The highest BCUT2D eigenvalue weighted by Gasteiger charge is 2.32. The van der Waals surface area contributed by atoms with Crippen molar-refractivity contribution in [3.05, 3.63) is 17.7 Å². The third-order valence-electron chi connectivity index (χ3n) is 3.24. The summed E-state index contributed by atoms with van der Waals surface area (Å²) in [6, 6.07) is -0.372. The Morgan fingerprint density at radius 1 is 1.32 bits per heavy atom.